The highest BCUT2D eigenvalue weighted by molar-refractivity contribution is 5.32. The average molecular weight is 352 g/mol. The summed E-state index contributed by atoms with van der Waals surface area (Å²) in [4.78, 5) is 8.36. The van der Waals surface area contributed by atoms with Gasteiger partial charge >= 0.3 is 0 Å². The van der Waals surface area contributed by atoms with E-state index in [0.29, 0.717) is 6.04 Å². The largest absolute Gasteiger partial charge is 0.483 e. The summed E-state index contributed by atoms with van der Waals surface area (Å²) in [5, 5.41) is 19.8. The monoisotopic (exact) mass is 351 g/mol. The van der Waals surface area contributed by atoms with Crippen molar-refractivity contribution in [1.82, 2.24) is 5.32 Å². The van der Waals surface area contributed by atoms with E-state index in [2.05, 4.69) is 25.7 Å². The van der Waals surface area contributed by atoms with Crippen LogP contribution in [0.4, 0.5) is 0 Å². The fourth-order valence-corrected chi connectivity index (χ4v) is 1.61. The smallest absolute Gasteiger partial charge is 0.290 e. The van der Waals surface area contributed by atoms with Crippen LogP contribution in [0.2, 0.25) is 0 Å². The van der Waals surface area contributed by atoms with Crippen molar-refractivity contribution in [3.8, 4) is 0 Å². The maximum absolute atomic E-state index is 9.67. The lowest BCUT2D eigenvalue weighted by atomic mass is 10.0. The van der Waals surface area contributed by atoms with Crippen LogP contribution < -0.4 is 5.32 Å². The molecule has 0 heterocycles. The fraction of sp³-hybridized carbons (Fsp3) is 0.850. The maximum Gasteiger partial charge on any atom is 0.290 e. The number of aliphatic hydroxyl groups excluding tert-OH is 1. The third kappa shape index (κ3) is 58.2. The fourth-order valence-electron chi connectivity index (χ4n) is 1.61. The van der Waals surface area contributed by atoms with Crippen LogP contribution in [0.25, 0.3) is 0 Å². The first-order valence-corrected chi connectivity index (χ1v) is 9.07. The number of unbranched alkanes of at least 4 members (excludes halogenated alkanes) is 1. The van der Waals surface area contributed by atoms with Gasteiger partial charge in [0.05, 0.1) is 6.10 Å². The topological polar surface area (TPSA) is 69.6 Å². The molecule has 0 rings (SSSR count). The highest BCUT2D eigenvalue weighted by atomic mass is 16.3. The van der Waals surface area contributed by atoms with E-state index >= 15 is 0 Å². The van der Waals surface area contributed by atoms with Gasteiger partial charge in [0, 0.05) is 6.04 Å². The molecule has 0 aromatic rings. The molecule has 2 atom stereocenters. The lowest BCUT2D eigenvalue weighted by Gasteiger charge is -2.18. The van der Waals surface area contributed by atoms with Crippen LogP contribution in [0.1, 0.15) is 94.4 Å². The molecule has 24 heavy (non-hydrogen) atoms. The van der Waals surface area contributed by atoms with Crippen LogP contribution in [0.5, 0.6) is 0 Å². The second kappa shape index (κ2) is 49.5. The van der Waals surface area contributed by atoms with Crippen molar-refractivity contribution in [1.29, 1.82) is 0 Å². The second-order valence-electron chi connectivity index (χ2n) is 4.32. The Morgan fingerprint density at radius 3 is 1.71 bits per heavy atom. The third-order valence-corrected chi connectivity index (χ3v) is 2.49. The number of nitrogens with one attached hydrogen (secondary N) is 1. The van der Waals surface area contributed by atoms with Crippen molar-refractivity contribution < 1.29 is 15.0 Å². The second-order valence-corrected chi connectivity index (χ2v) is 4.32. The number of hydrogen-bond donors (Lipinski definition) is 3. The number of allylic oxidation sites excluding steroid dienone is 1. The molecular weight excluding hydrogens is 302 g/mol. The molecular formula is C20H49NO3. The van der Waals surface area contributed by atoms with E-state index < -0.39 is 0 Å². The Balaban J connectivity index is -0.0000000618. The standard InChI is InChI=1S/C11H25NO.C3H6.2C2H6.CH2O2.CH4/c1-4-6-8-11(13)9-10(12-3)7-5-2;1-3-2;2*1-2;2-1-3;/h10-13H,4-9H2,1-3H3;3H,1H2,2H3;2*1-2H3;1H,(H,2,3);1H4. The molecule has 4 heteroatoms. The van der Waals surface area contributed by atoms with Crippen LogP contribution in [0, 0.1) is 0 Å². The van der Waals surface area contributed by atoms with Crippen molar-refractivity contribution in [2.75, 3.05) is 7.05 Å². The van der Waals surface area contributed by atoms with Gasteiger partial charge in [0.15, 0.2) is 0 Å². The number of rotatable bonds is 8. The molecule has 0 fully saturated rings. The number of carbonyl (C=O) groups is 1. The molecule has 0 radical (unpaired) electrons. The molecule has 3 N–H and O–H groups in total. The average Bonchev–Trinajstić information content (AvgIpc) is 2.57. The van der Waals surface area contributed by atoms with Gasteiger partial charge in [0.2, 0.25) is 0 Å². The quantitative estimate of drug-likeness (QED) is 0.376. The predicted molar refractivity (Wildman–Crippen MR) is 112 cm³/mol. The van der Waals surface area contributed by atoms with E-state index in [9.17, 15) is 5.11 Å². The van der Waals surface area contributed by atoms with E-state index in [0.717, 1.165) is 19.3 Å². The van der Waals surface area contributed by atoms with Crippen molar-refractivity contribution in [3.63, 3.8) is 0 Å². The highest BCUT2D eigenvalue weighted by Crippen LogP contribution is 2.10. The SMILES string of the molecule is C.C=CC.CC.CC.CCCCC(O)CC(CCC)NC.O=CO. The first-order chi connectivity index (χ1) is 11.1. The lowest BCUT2D eigenvalue weighted by molar-refractivity contribution is -0.122. The van der Waals surface area contributed by atoms with Crippen molar-refractivity contribution in [2.24, 2.45) is 0 Å². The Bertz CT molecular complexity index is 170. The number of hydrogen-bond acceptors (Lipinski definition) is 3. The summed E-state index contributed by atoms with van der Waals surface area (Å²) in [6, 6.07) is 0.497. The Morgan fingerprint density at radius 2 is 1.46 bits per heavy atom. The van der Waals surface area contributed by atoms with Crippen LogP contribution in [0.3, 0.4) is 0 Å². The summed E-state index contributed by atoms with van der Waals surface area (Å²) in [7, 11) is 1.98. The minimum absolute atomic E-state index is 0. The summed E-state index contributed by atoms with van der Waals surface area (Å²) in [6.45, 7) is 17.3. The molecule has 2 unspecified atom stereocenters. The number of carboxylic acid groups (broad SMARTS) is 1. The summed E-state index contributed by atoms with van der Waals surface area (Å²) < 4.78 is 0. The van der Waals surface area contributed by atoms with Gasteiger partial charge in [0.25, 0.3) is 6.47 Å². The molecule has 0 saturated heterocycles. The van der Waals surface area contributed by atoms with Gasteiger partial charge in [-0.2, -0.15) is 0 Å². The van der Waals surface area contributed by atoms with Crippen LogP contribution in [0.15, 0.2) is 12.7 Å². The normalized spacial score (nSPS) is 10.0. The molecule has 152 valence electrons. The van der Waals surface area contributed by atoms with Gasteiger partial charge in [-0.25, -0.2) is 0 Å². The van der Waals surface area contributed by atoms with Gasteiger partial charge in [-0.05, 0) is 33.2 Å². The van der Waals surface area contributed by atoms with Gasteiger partial charge in [-0.1, -0.05) is 74.3 Å². The molecule has 0 aromatic heterocycles. The van der Waals surface area contributed by atoms with E-state index in [1.807, 2.05) is 41.7 Å². The third-order valence-electron chi connectivity index (χ3n) is 2.49. The van der Waals surface area contributed by atoms with Gasteiger partial charge in [-0.3, -0.25) is 4.79 Å². The summed E-state index contributed by atoms with van der Waals surface area (Å²) in [6.07, 6.45) is 8.18. The van der Waals surface area contributed by atoms with Gasteiger partial charge < -0.3 is 15.5 Å². The highest BCUT2D eigenvalue weighted by Gasteiger charge is 2.11. The zero-order chi connectivity index (χ0) is 19.5. The number of aliphatic hydroxyl groups is 1. The summed E-state index contributed by atoms with van der Waals surface area (Å²) in [5.41, 5.74) is 0. The minimum atomic E-state index is -0.250. The Kier molecular flexibility index (Phi) is 79.6. The molecule has 0 bridgehead atoms. The molecule has 0 aliphatic carbocycles. The molecule has 0 saturated carbocycles. The van der Waals surface area contributed by atoms with Crippen molar-refractivity contribution >= 4 is 6.47 Å². The Labute approximate surface area is 153 Å². The Morgan fingerprint density at radius 1 is 1.08 bits per heavy atom. The van der Waals surface area contributed by atoms with E-state index in [-0.39, 0.29) is 20.0 Å². The minimum Gasteiger partial charge on any atom is -0.483 e. The molecule has 0 amide bonds. The molecule has 0 aromatic carbocycles. The van der Waals surface area contributed by atoms with E-state index in [1.54, 1.807) is 6.08 Å². The maximum atomic E-state index is 9.67. The van der Waals surface area contributed by atoms with Crippen LogP contribution in [-0.4, -0.2) is 35.9 Å². The van der Waals surface area contributed by atoms with Crippen molar-refractivity contribution in [3.05, 3.63) is 12.7 Å². The zero-order valence-electron chi connectivity index (χ0n) is 17.1. The van der Waals surface area contributed by atoms with E-state index in [4.69, 9.17) is 9.90 Å². The molecule has 0 spiro atoms. The van der Waals surface area contributed by atoms with Crippen LogP contribution in [-0.2, 0) is 4.79 Å². The predicted octanol–water partition coefficient (Wildman–Crippen LogP) is 5.90. The molecule has 0 aliphatic heterocycles. The first kappa shape index (κ1) is 38.6. The summed E-state index contributed by atoms with van der Waals surface area (Å²) >= 11 is 0. The lowest BCUT2D eigenvalue weighted by Crippen LogP contribution is -2.29. The molecule has 4 nitrogen and oxygen atoms in total. The van der Waals surface area contributed by atoms with Crippen molar-refractivity contribution in [2.45, 2.75) is 107 Å². The summed E-state index contributed by atoms with van der Waals surface area (Å²) in [5.74, 6) is 0. The van der Waals surface area contributed by atoms with Gasteiger partial charge in [0.1, 0.15) is 0 Å². The van der Waals surface area contributed by atoms with Crippen LogP contribution >= 0.6 is 0 Å². The Hall–Kier alpha value is -0.870. The van der Waals surface area contributed by atoms with Gasteiger partial charge in [-0.15, -0.1) is 6.58 Å². The molecule has 0 aliphatic rings. The zero-order valence-corrected chi connectivity index (χ0v) is 17.1. The van der Waals surface area contributed by atoms with E-state index in [1.165, 1.54) is 19.3 Å². The first-order valence-electron chi connectivity index (χ1n) is 9.07.